The van der Waals surface area contributed by atoms with Crippen molar-refractivity contribution in [3.05, 3.63) is 35.4 Å². The Kier molecular flexibility index (Phi) is 5.58. The van der Waals surface area contributed by atoms with E-state index in [1.165, 1.54) is 0 Å². The van der Waals surface area contributed by atoms with Crippen molar-refractivity contribution in [1.29, 1.82) is 0 Å². The average molecular weight is 306 g/mol. The van der Waals surface area contributed by atoms with Gasteiger partial charge in [-0.05, 0) is 53.2 Å². The minimum Gasteiger partial charge on any atom is -0.444 e. The first-order valence-electron chi connectivity index (χ1n) is 7.35. The van der Waals surface area contributed by atoms with Crippen LogP contribution in [0.4, 0.5) is 4.79 Å². The van der Waals surface area contributed by atoms with E-state index in [4.69, 9.17) is 4.74 Å². The van der Waals surface area contributed by atoms with E-state index in [1.807, 2.05) is 32.9 Å². The Morgan fingerprint density at radius 1 is 1.05 bits per heavy atom. The molecule has 0 radical (unpaired) electrons. The highest BCUT2D eigenvalue weighted by Crippen LogP contribution is 2.12. The van der Waals surface area contributed by atoms with Gasteiger partial charge in [0.2, 0.25) is 0 Å². The minimum absolute atomic E-state index is 0.158. The number of alkyl carbamates (subject to hydrolysis) is 1. The van der Waals surface area contributed by atoms with E-state index >= 15 is 0 Å². The molecule has 0 aliphatic heterocycles. The van der Waals surface area contributed by atoms with Crippen LogP contribution in [-0.2, 0) is 11.3 Å². The smallest absolute Gasteiger partial charge is 0.407 e. The van der Waals surface area contributed by atoms with Crippen molar-refractivity contribution in [3.8, 4) is 0 Å². The van der Waals surface area contributed by atoms with Gasteiger partial charge in [0.25, 0.3) is 5.91 Å². The number of hydrogen-bond donors (Lipinski definition) is 2. The fourth-order valence-electron chi connectivity index (χ4n) is 1.79. The van der Waals surface area contributed by atoms with Gasteiger partial charge in [0.1, 0.15) is 5.60 Å². The molecule has 0 atom stereocenters. The monoisotopic (exact) mass is 306 g/mol. The minimum atomic E-state index is -0.548. The molecule has 0 unspecified atom stereocenters. The molecule has 1 rings (SSSR count). The van der Waals surface area contributed by atoms with Crippen LogP contribution in [0.5, 0.6) is 0 Å². The fraction of sp³-hybridized carbons (Fsp3) is 0.529. The predicted octanol–water partition coefficient (Wildman–Crippen LogP) is 3.24. The largest absolute Gasteiger partial charge is 0.444 e. The zero-order chi connectivity index (χ0) is 17.0. The molecule has 2 amide bonds. The lowest BCUT2D eigenvalue weighted by Gasteiger charge is -2.22. The quantitative estimate of drug-likeness (QED) is 0.901. The van der Waals surface area contributed by atoms with Gasteiger partial charge in [-0.15, -0.1) is 0 Å². The number of hydrogen-bond acceptors (Lipinski definition) is 3. The average Bonchev–Trinajstić information content (AvgIpc) is 2.32. The standard InChI is InChI=1S/C17H26N2O3/c1-16(2,3)19-14(20)13-10-8-7-9-12(13)11-18-15(21)22-17(4,5)6/h7-10H,11H2,1-6H3,(H,18,21)(H,19,20). The lowest BCUT2D eigenvalue weighted by molar-refractivity contribution is 0.0522. The summed E-state index contributed by atoms with van der Waals surface area (Å²) in [5, 5.41) is 5.59. The van der Waals surface area contributed by atoms with Crippen molar-refractivity contribution in [3.63, 3.8) is 0 Å². The van der Waals surface area contributed by atoms with Crippen LogP contribution in [-0.4, -0.2) is 23.1 Å². The van der Waals surface area contributed by atoms with Crippen LogP contribution in [0.3, 0.4) is 0 Å². The van der Waals surface area contributed by atoms with E-state index in [9.17, 15) is 9.59 Å². The molecule has 0 aromatic heterocycles. The van der Waals surface area contributed by atoms with Gasteiger partial charge in [-0.2, -0.15) is 0 Å². The summed E-state index contributed by atoms with van der Waals surface area (Å²) in [4.78, 5) is 24.0. The van der Waals surface area contributed by atoms with Crippen LogP contribution < -0.4 is 10.6 Å². The molecule has 0 heterocycles. The molecule has 0 aliphatic rings. The normalized spacial score (nSPS) is 11.7. The van der Waals surface area contributed by atoms with E-state index < -0.39 is 11.7 Å². The summed E-state index contributed by atoms with van der Waals surface area (Å²) in [7, 11) is 0. The van der Waals surface area contributed by atoms with E-state index in [0.717, 1.165) is 5.56 Å². The maximum absolute atomic E-state index is 12.3. The number of amides is 2. The third-order valence-corrected chi connectivity index (χ3v) is 2.57. The lowest BCUT2D eigenvalue weighted by Crippen LogP contribution is -2.41. The molecule has 1 aromatic carbocycles. The second kappa shape index (κ2) is 6.81. The number of carbonyl (C=O) groups is 2. The van der Waals surface area contributed by atoms with E-state index in [0.29, 0.717) is 5.56 Å². The van der Waals surface area contributed by atoms with Gasteiger partial charge in [0, 0.05) is 17.6 Å². The van der Waals surface area contributed by atoms with E-state index in [-0.39, 0.29) is 18.0 Å². The Labute approximate surface area is 132 Å². The molecule has 22 heavy (non-hydrogen) atoms. The highest BCUT2D eigenvalue weighted by molar-refractivity contribution is 5.96. The molecule has 2 N–H and O–H groups in total. The number of ether oxygens (including phenoxy) is 1. The number of carbonyl (C=O) groups excluding carboxylic acids is 2. The highest BCUT2D eigenvalue weighted by atomic mass is 16.6. The lowest BCUT2D eigenvalue weighted by atomic mass is 10.0. The highest BCUT2D eigenvalue weighted by Gasteiger charge is 2.19. The first-order valence-corrected chi connectivity index (χ1v) is 7.35. The number of rotatable bonds is 3. The van der Waals surface area contributed by atoms with Crippen molar-refractivity contribution in [2.45, 2.75) is 59.2 Å². The summed E-state index contributed by atoms with van der Waals surface area (Å²) in [6, 6.07) is 7.19. The number of nitrogens with one attached hydrogen (secondary N) is 2. The fourth-order valence-corrected chi connectivity index (χ4v) is 1.79. The maximum Gasteiger partial charge on any atom is 0.407 e. The molecular formula is C17H26N2O3. The molecule has 0 bridgehead atoms. The van der Waals surface area contributed by atoms with Crippen LogP contribution in [0, 0.1) is 0 Å². The van der Waals surface area contributed by atoms with Crippen molar-refractivity contribution in [2.24, 2.45) is 0 Å². The summed E-state index contributed by atoms with van der Waals surface area (Å²) in [6.07, 6.45) is -0.501. The molecule has 0 saturated carbocycles. The Bertz CT molecular complexity index is 540. The van der Waals surface area contributed by atoms with Crippen molar-refractivity contribution >= 4 is 12.0 Å². The molecule has 0 aliphatic carbocycles. The van der Waals surface area contributed by atoms with E-state index in [2.05, 4.69) is 10.6 Å². The summed E-state index contributed by atoms with van der Waals surface area (Å²) in [5.74, 6) is -0.158. The SMILES string of the molecule is CC(C)(C)NC(=O)c1ccccc1CNC(=O)OC(C)(C)C. The van der Waals surface area contributed by atoms with Gasteiger partial charge in [0.05, 0.1) is 0 Å². The van der Waals surface area contributed by atoms with Crippen molar-refractivity contribution < 1.29 is 14.3 Å². The molecule has 0 saturated heterocycles. The Balaban J connectivity index is 2.76. The summed E-state index contributed by atoms with van der Waals surface area (Å²) >= 11 is 0. The van der Waals surface area contributed by atoms with E-state index in [1.54, 1.807) is 32.9 Å². The third kappa shape index (κ3) is 6.61. The van der Waals surface area contributed by atoms with Crippen molar-refractivity contribution in [2.75, 3.05) is 0 Å². The topological polar surface area (TPSA) is 67.4 Å². The van der Waals surface area contributed by atoms with Gasteiger partial charge >= 0.3 is 6.09 Å². The first kappa shape index (κ1) is 18.0. The number of benzene rings is 1. The Hall–Kier alpha value is -2.04. The zero-order valence-corrected chi connectivity index (χ0v) is 14.2. The summed E-state index contributed by atoms with van der Waals surface area (Å²) < 4.78 is 5.19. The Morgan fingerprint density at radius 2 is 1.64 bits per heavy atom. The molecule has 0 fully saturated rings. The molecule has 0 spiro atoms. The Morgan fingerprint density at radius 3 is 2.18 bits per heavy atom. The van der Waals surface area contributed by atoms with Gasteiger partial charge in [0.15, 0.2) is 0 Å². The van der Waals surface area contributed by atoms with Crippen LogP contribution in [0.25, 0.3) is 0 Å². The van der Waals surface area contributed by atoms with Crippen molar-refractivity contribution in [1.82, 2.24) is 10.6 Å². The second-order valence-corrected chi connectivity index (χ2v) is 7.22. The van der Waals surface area contributed by atoms with Crippen LogP contribution in [0.2, 0.25) is 0 Å². The van der Waals surface area contributed by atoms with Crippen LogP contribution in [0.1, 0.15) is 57.5 Å². The molecule has 5 heteroatoms. The van der Waals surface area contributed by atoms with Gasteiger partial charge in [-0.3, -0.25) is 4.79 Å². The summed E-state index contributed by atoms with van der Waals surface area (Å²) in [5.41, 5.74) is 0.430. The molecular weight excluding hydrogens is 280 g/mol. The zero-order valence-electron chi connectivity index (χ0n) is 14.2. The third-order valence-electron chi connectivity index (χ3n) is 2.57. The molecule has 1 aromatic rings. The van der Waals surface area contributed by atoms with Crippen LogP contribution in [0.15, 0.2) is 24.3 Å². The maximum atomic E-state index is 12.3. The summed E-state index contributed by atoms with van der Waals surface area (Å²) in [6.45, 7) is 11.4. The van der Waals surface area contributed by atoms with Gasteiger partial charge in [-0.25, -0.2) is 4.79 Å². The molecule has 122 valence electrons. The van der Waals surface area contributed by atoms with Crippen LogP contribution >= 0.6 is 0 Å². The first-order chi connectivity index (χ1) is 9.98. The second-order valence-electron chi connectivity index (χ2n) is 7.22. The molecule has 5 nitrogen and oxygen atoms in total. The van der Waals surface area contributed by atoms with Gasteiger partial charge in [-0.1, -0.05) is 18.2 Å². The van der Waals surface area contributed by atoms with Gasteiger partial charge < -0.3 is 15.4 Å². The predicted molar refractivity (Wildman–Crippen MR) is 86.7 cm³/mol.